The molecule has 0 aromatic carbocycles. The van der Waals surface area contributed by atoms with Gasteiger partial charge in [0.2, 0.25) is 5.91 Å². The molecule has 1 amide bonds. The van der Waals surface area contributed by atoms with E-state index in [9.17, 15) is 9.59 Å². The summed E-state index contributed by atoms with van der Waals surface area (Å²) in [6, 6.07) is -0.587. The monoisotopic (exact) mass is 231 g/mol. The number of aldehydes is 1. The summed E-state index contributed by atoms with van der Waals surface area (Å²) in [6.45, 7) is 0.221. The number of piperidine rings is 1. The molecule has 0 N–H and O–H groups in total. The molecule has 0 saturated carbocycles. The number of hydrogen-bond donors (Lipinski definition) is 0. The van der Waals surface area contributed by atoms with Crippen LogP contribution in [0.2, 0.25) is 0 Å². The third kappa shape index (κ3) is 3.01. The predicted octanol–water partition coefficient (Wildman–Crippen LogP) is -0.231. The van der Waals surface area contributed by atoms with Crippen molar-refractivity contribution in [3.63, 3.8) is 0 Å². The second-order valence-corrected chi connectivity index (χ2v) is 3.56. The average Bonchev–Trinajstić information content (AvgIpc) is 2.30. The van der Waals surface area contributed by atoms with Crippen LogP contribution in [-0.2, 0) is 23.8 Å². The van der Waals surface area contributed by atoms with Crippen molar-refractivity contribution in [3.8, 4) is 0 Å². The zero-order chi connectivity index (χ0) is 12.0. The molecule has 0 aliphatic carbocycles. The number of hydrogen-bond acceptors (Lipinski definition) is 5. The van der Waals surface area contributed by atoms with Crippen molar-refractivity contribution in [2.45, 2.75) is 25.0 Å². The standard InChI is InChI=1S/C10H17NO5/c1-14-6-11-8(5-12)9(16-7-15-2)3-4-10(11)13/h5,8-9H,3-4,6-7H2,1-2H3/t8-,9?/m0/s1. The molecule has 16 heavy (non-hydrogen) atoms. The van der Waals surface area contributed by atoms with Crippen molar-refractivity contribution in [1.29, 1.82) is 0 Å². The van der Waals surface area contributed by atoms with E-state index in [0.717, 1.165) is 6.29 Å². The predicted molar refractivity (Wildman–Crippen MR) is 54.6 cm³/mol. The molecular weight excluding hydrogens is 214 g/mol. The normalized spacial score (nSPS) is 25.9. The fraction of sp³-hybridized carbons (Fsp3) is 0.800. The lowest BCUT2D eigenvalue weighted by molar-refractivity contribution is -0.163. The Balaban J connectivity index is 2.65. The number of nitrogens with zero attached hydrogens (tertiary/aromatic N) is 1. The first-order chi connectivity index (χ1) is 7.74. The SMILES string of the molecule is COCOC1CCC(=O)N(COC)[C@H]1C=O. The molecular formula is C10H17NO5. The Morgan fingerprint density at radius 2 is 2.19 bits per heavy atom. The van der Waals surface area contributed by atoms with Gasteiger partial charge < -0.3 is 23.9 Å². The molecule has 0 bridgehead atoms. The van der Waals surface area contributed by atoms with Gasteiger partial charge in [-0.05, 0) is 6.42 Å². The largest absolute Gasteiger partial charge is 0.364 e. The third-order valence-corrected chi connectivity index (χ3v) is 2.51. The van der Waals surface area contributed by atoms with Gasteiger partial charge in [0.15, 0.2) is 0 Å². The van der Waals surface area contributed by atoms with Crippen molar-refractivity contribution in [2.24, 2.45) is 0 Å². The zero-order valence-electron chi connectivity index (χ0n) is 9.55. The Hall–Kier alpha value is -0.980. The van der Waals surface area contributed by atoms with E-state index in [-0.39, 0.29) is 25.5 Å². The van der Waals surface area contributed by atoms with Gasteiger partial charge in [0, 0.05) is 20.6 Å². The molecule has 0 spiro atoms. The molecule has 1 saturated heterocycles. The fourth-order valence-corrected chi connectivity index (χ4v) is 1.74. The Morgan fingerprint density at radius 1 is 1.44 bits per heavy atom. The number of amides is 1. The number of carbonyl (C=O) groups excluding carboxylic acids is 2. The van der Waals surface area contributed by atoms with Crippen molar-refractivity contribution in [3.05, 3.63) is 0 Å². The summed E-state index contributed by atoms with van der Waals surface area (Å²) < 4.78 is 15.0. The van der Waals surface area contributed by atoms with Crippen LogP contribution in [0.25, 0.3) is 0 Å². The quantitative estimate of drug-likeness (QED) is 0.466. The van der Waals surface area contributed by atoms with Gasteiger partial charge in [-0.2, -0.15) is 0 Å². The van der Waals surface area contributed by atoms with Crippen molar-refractivity contribution in [2.75, 3.05) is 27.7 Å². The lowest BCUT2D eigenvalue weighted by Crippen LogP contribution is -2.53. The van der Waals surface area contributed by atoms with Gasteiger partial charge in [-0.3, -0.25) is 4.79 Å². The lowest BCUT2D eigenvalue weighted by atomic mass is 10.00. The molecule has 1 fully saturated rings. The molecule has 1 aliphatic rings. The Labute approximate surface area is 94.4 Å². The average molecular weight is 231 g/mol. The third-order valence-electron chi connectivity index (χ3n) is 2.51. The molecule has 0 aromatic heterocycles. The van der Waals surface area contributed by atoms with Crippen LogP contribution in [0.4, 0.5) is 0 Å². The van der Waals surface area contributed by atoms with Gasteiger partial charge in [0.25, 0.3) is 0 Å². The Bertz CT molecular complexity index is 245. The van der Waals surface area contributed by atoms with E-state index in [4.69, 9.17) is 14.2 Å². The summed E-state index contributed by atoms with van der Waals surface area (Å²) in [4.78, 5) is 24.0. The minimum atomic E-state index is -0.587. The number of rotatable bonds is 6. The topological polar surface area (TPSA) is 65.1 Å². The van der Waals surface area contributed by atoms with Crippen LogP contribution in [0.1, 0.15) is 12.8 Å². The fourth-order valence-electron chi connectivity index (χ4n) is 1.74. The first-order valence-corrected chi connectivity index (χ1v) is 5.08. The van der Waals surface area contributed by atoms with E-state index in [0.29, 0.717) is 12.8 Å². The van der Waals surface area contributed by atoms with Crippen LogP contribution < -0.4 is 0 Å². The highest BCUT2D eigenvalue weighted by Gasteiger charge is 2.36. The highest BCUT2D eigenvalue weighted by molar-refractivity contribution is 5.81. The van der Waals surface area contributed by atoms with Gasteiger partial charge in [0.1, 0.15) is 25.9 Å². The summed E-state index contributed by atoms with van der Waals surface area (Å²) >= 11 is 0. The van der Waals surface area contributed by atoms with E-state index >= 15 is 0 Å². The van der Waals surface area contributed by atoms with Crippen LogP contribution in [0, 0.1) is 0 Å². The van der Waals surface area contributed by atoms with Gasteiger partial charge in [-0.15, -0.1) is 0 Å². The summed E-state index contributed by atoms with van der Waals surface area (Å²) in [6.07, 6.45) is 1.30. The Kier molecular flexibility index (Phi) is 5.37. The summed E-state index contributed by atoms with van der Waals surface area (Å²) in [5.74, 6) is -0.0868. The molecule has 6 nitrogen and oxygen atoms in total. The summed E-state index contributed by atoms with van der Waals surface area (Å²) in [5, 5.41) is 0. The van der Waals surface area contributed by atoms with Crippen LogP contribution in [-0.4, -0.2) is 57.0 Å². The van der Waals surface area contributed by atoms with Crippen LogP contribution in [0.5, 0.6) is 0 Å². The van der Waals surface area contributed by atoms with Gasteiger partial charge in [-0.1, -0.05) is 0 Å². The van der Waals surface area contributed by atoms with E-state index < -0.39 is 6.04 Å². The number of methoxy groups -OCH3 is 2. The van der Waals surface area contributed by atoms with E-state index in [2.05, 4.69) is 0 Å². The maximum Gasteiger partial charge on any atom is 0.225 e. The van der Waals surface area contributed by atoms with Crippen LogP contribution in [0.3, 0.4) is 0 Å². The first-order valence-electron chi connectivity index (χ1n) is 5.08. The maximum atomic E-state index is 11.6. The molecule has 2 atom stereocenters. The number of ether oxygens (including phenoxy) is 3. The van der Waals surface area contributed by atoms with E-state index in [1.54, 1.807) is 0 Å². The molecule has 1 aliphatic heterocycles. The van der Waals surface area contributed by atoms with Gasteiger partial charge in [0.05, 0.1) is 6.10 Å². The van der Waals surface area contributed by atoms with Crippen molar-refractivity contribution in [1.82, 2.24) is 4.90 Å². The molecule has 6 heteroatoms. The second-order valence-electron chi connectivity index (χ2n) is 3.56. The van der Waals surface area contributed by atoms with Crippen molar-refractivity contribution >= 4 is 12.2 Å². The van der Waals surface area contributed by atoms with E-state index in [1.807, 2.05) is 0 Å². The Morgan fingerprint density at radius 3 is 2.75 bits per heavy atom. The van der Waals surface area contributed by atoms with Crippen molar-refractivity contribution < 1.29 is 23.8 Å². The van der Waals surface area contributed by atoms with Crippen LogP contribution >= 0.6 is 0 Å². The highest BCUT2D eigenvalue weighted by atomic mass is 16.7. The molecule has 1 heterocycles. The van der Waals surface area contributed by atoms with Gasteiger partial charge in [-0.25, -0.2) is 0 Å². The summed E-state index contributed by atoms with van der Waals surface area (Å²) in [5.41, 5.74) is 0. The molecule has 1 unspecified atom stereocenters. The summed E-state index contributed by atoms with van der Waals surface area (Å²) in [7, 11) is 2.99. The zero-order valence-corrected chi connectivity index (χ0v) is 9.55. The van der Waals surface area contributed by atoms with Crippen LogP contribution in [0.15, 0.2) is 0 Å². The first kappa shape index (κ1) is 13.1. The molecule has 1 rings (SSSR count). The maximum absolute atomic E-state index is 11.6. The second kappa shape index (κ2) is 6.57. The minimum Gasteiger partial charge on any atom is -0.364 e. The smallest absolute Gasteiger partial charge is 0.225 e. The number of likely N-dealkylation sites (tertiary alicyclic amines) is 1. The highest BCUT2D eigenvalue weighted by Crippen LogP contribution is 2.20. The van der Waals surface area contributed by atoms with E-state index in [1.165, 1.54) is 19.1 Å². The molecule has 92 valence electrons. The molecule has 0 radical (unpaired) electrons. The lowest BCUT2D eigenvalue weighted by Gasteiger charge is -2.37. The number of carbonyl (C=O) groups is 2. The minimum absolute atomic E-state index is 0.0868. The van der Waals surface area contributed by atoms with Gasteiger partial charge >= 0.3 is 0 Å². The molecule has 0 aromatic rings.